The van der Waals surface area contributed by atoms with Gasteiger partial charge in [0, 0.05) is 32.9 Å². The van der Waals surface area contributed by atoms with Gasteiger partial charge >= 0.3 is 0 Å². The predicted molar refractivity (Wildman–Crippen MR) is 220 cm³/mol. The van der Waals surface area contributed by atoms with Crippen molar-refractivity contribution in [3.63, 3.8) is 0 Å². The van der Waals surface area contributed by atoms with E-state index >= 15 is 0 Å². The smallest absolute Gasteiger partial charge is 0.0641 e. The standard InChI is InChI=1S/C50H30N2/c1-2-12-33(13-3-1)52-44-20-9-8-17-39(44)43-28-30-46-49(50(43)52)48-36-14-5-4-11-31(36)23-29-45(48)51(46)34-24-21-32(22-25-34)35-26-27-42-38-16-7-6-15-37(38)41-19-10-18-40(35)47(41)42/h1-30H. The zero-order chi connectivity index (χ0) is 33.9. The van der Waals surface area contributed by atoms with Gasteiger partial charge in [-0.1, -0.05) is 140 Å². The number of hydrogen-bond acceptors (Lipinski definition) is 0. The molecule has 0 atom stereocenters. The van der Waals surface area contributed by atoms with Gasteiger partial charge in [-0.2, -0.15) is 0 Å². The molecule has 2 heteroatoms. The van der Waals surface area contributed by atoms with Gasteiger partial charge in [0.15, 0.2) is 0 Å². The molecule has 0 spiro atoms. The lowest BCUT2D eigenvalue weighted by Gasteiger charge is -2.12. The van der Waals surface area contributed by atoms with E-state index in [9.17, 15) is 0 Å². The van der Waals surface area contributed by atoms with E-state index in [1.807, 2.05) is 0 Å². The van der Waals surface area contributed by atoms with Crippen LogP contribution in [0, 0.1) is 0 Å². The van der Waals surface area contributed by atoms with Crippen LogP contribution in [0.1, 0.15) is 0 Å². The molecule has 0 saturated heterocycles. The largest absolute Gasteiger partial charge is 0.309 e. The van der Waals surface area contributed by atoms with E-state index in [1.54, 1.807) is 0 Å². The Labute approximate surface area is 300 Å². The third-order valence-corrected chi connectivity index (χ3v) is 11.5. The summed E-state index contributed by atoms with van der Waals surface area (Å²) in [5.74, 6) is 0. The molecule has 1 aliphatic rings. The molecule has 2 heterocycles. The molecule has 52 heavy (non-hydrogen) atoms. The van der Waals surface area contributed by atoms with E-state index < -0.39 is 0 Å². The van der Waals surface area contributed by atoms with E-state index in [2.05, 4.69) is 191 Å². The van der Waals surface area contributed by atoms with Gasteiger partial charge in [0.25, 0.3) is 0 Å². The summed E-state index contributed by atoms with van der Waals surface area (Å²) in [6.45, 7) is 0. The highest BCUT2D eigenvalue weighted by atomic mass is 15.0. The van der Waals surface area contributed by atoms with E-state index in [0.717, 1.165) is 5.69 Å². The fourth-order valence-electron chi connectivity index (χ4n) is 9.29. The molecule has 9 aromatic carbocycles. The summed E-state index contributed by atoms with van der Waals surface area (Å²) in [5, 5.41) is 10.3. The van der Waals surface area contributed by atoms with Gasteiger partial charge in [0.1, 0.15) is 0 Å². The van der Waals surface area contributed by atoms with Crippen molar-refractivity contribution in [2.24, 2.45) is 0 Å². The maximum atomic E-state index is 2.47. The zero-order valence-electron chi connectivity index (χ0n) is 28.2. The van der Waals surface area contributed by atoms with Crippen LogP contribution in [0.25, 0.3) is 110 Å². The molecule has 0 radical (unpaired) electrons. The molecule has 240 valence electrons. The normalized spacial score (nSPS) is 12.2. The molecular weight excluding hydrogens is 629 g/mol. The lowest BCUT2D eigenvalue weighted by atomic mass is 9.94. The Hall–Kier alpha value is -6.90. The van der Waals surface area contributed by atoms with Crippen molar-refractivity contribution in [2.75, 3.05) is 0 Å². The van der Waals surface area contributed by atoms with Crippen molar-refractivity contribution >= 4 is 65.2 Å². The quantitative estimate of drug-likeness (QED) is 0.179. The molecule has 2 aromatic heterocycles. The van der Waals surface area contributed by atoms with Crippen LogP contribution >= 0.6 is 0 Å². The van der Waals surface area contributed by atoms with Gasteiger partial charge in [0.05, 0.1) is 22.1 Å². The van der Waals surface area contributed by atoms with Gasteiger partial charge in [-0.05, 0) is 97.4 Å². The number of para-hydroxylation sites is 2. The molecule has 0 unspecified atom stereocenters. The molecule has 11 aromatic rings. The van der Waals surface area contributed by atoms with Crippen LogP contribution in [0.5, 0.6) is 0 Å². The van der Waals surface area contributed by atoms with Crippen LogP contribution in [0.2, 0.25) is 0 Å². The Kier molecular flexibility index (Phi) is 5.53. The maximum absolute atomic E-state index is 2.47. The number of benzene rings is 9. The average molecular weight is 659 g/mol. The van der Waals surface area contributed by atoms with Gasteiger partial charge < -0.3 is 9.13 Å². The maximum Gasteiger partial charge on any atom is 0.0641 e. The van der Waals surface area contributed by atoms with Gasteiger partial charge in [-0.25, -0.2) is 0 Å². The molecule has 0 N–H and O–H groups in total. The highest BCUT2D eigenvalue weighted by Crippen LogP contribution is 2.49. The Balaban J connectivity index is 1.13. The van der Waals surface area contributed by atoms with Crippen molar-refractivity contribution in [1.82, 2.24) is 9.13 Å². The second-order valence-corrected chi connectivity index (χ2v) is 14.0. The number of fused-ring (bicyclic) bond motifs is 12. The van der Waals surface area contributed by atoms with Gasteiger partial charge in [-0.3, -0.25) is 0 Å². The van der Waals surface area contributed by atoms with Crippen molar-refractivity contribution < 1.29 is 0 Å². The molecule has 1 aliphatic carbocycles. The summed E-state index contributed by atoms with van der Waals surface area (Å²) in [7, 11) is 0. The number of hydrogen-bond donors (Lipinski definition) is 0. The van der Waals surface area contributed by atoms with Crippen molar-refractivity contribution in [3.05, 3.63) is 182 Å². The summed E-state index contributed by atoms with van der Waals surface area (Å²) in [6.07, 6.45) is 0. The van der Waals surface area contributed by atoms with Crippen molar-refractivity contribution in [2.45, 2.75) is 0 Å². The lowest BCUT2D eigenvalue weighted by molar-refractivity contribution is 1.17. The summed E-state index contributed by atoms with van der Waals surface area (Å²) in [4.78, 5) is 0. The third kappa shape index (κ3) is 3.63. The van der Waals surface area contributed by atoms with Crippen LogP contribution in [0.4, 0.5) is 0 Å². The Morgan fingerprint density at radius 2 is 0.885 bits per heavy atom. The van der Waals surface area contributed by atoms with E-state index in [-0.39, 0.29) is 0 Å². The molecular formula is C50H30N2. The summed E-state index contributed by atoms with van der Waals surface area (Å²) in [6, 6.07) is 67.1. The lowest BCUT2D eigenvalue weighted by Crippen LogP contribution is -1.95. The first-order valence-corrected chi connectivity index (χ1v) is 18.0. The second kappa shape index (κ2) is 10.3. The number of rotatable bonds is 3. The minimum atomic E-state index is 1.15. The van der Waals surface area contributed by atoms with Crippen LogP contribution in [-0.2, 0) is 0 Å². The first-order chi connectivity index (χ1) is 25.8. The van der Waals surface area contributed by atoms with Crippen LogP contribution < -0.4 is 0 Å². The molecule has 2 nitrogen and oxygen atoms in total. The summed E-state index contributed by atoms with van der Waals surface area (Å²) >= 11 is 0. The van der Waals surface area contributed by atoms with Gasteiger partial charge in [0.2, 0.25) is 0 Å². The average Bonchev–Trinajstić information content (AvgIpc) is 3.85. The van der Waals surface area contributed by atoms with Crippen LogP contribution in [0.3, 0.4) is 0 Å². The molecule has 0 saturated carbocycles. The topological polar surface area (TPSA) is 9.86 Å². The second-order valence-electron chi connectivity index (χ2n) is 14.0. The van der Waals surface area contributed by atoms with E-state index in [0.29, 0.717) is 0 Å². The zero-order valence-corrected chi connectivity index (χ0v) is 28.2. The Morgan fingerprint density at radius 1 is 0.269 bits per heavy atom. The van der Waals surface area contributed by atoms with Crippen molar-refractivity contribution in [1.29, 1.82) is 0 Å². The molecule has 12 rings (SSSR count). The molecule has 0 bridgehead atoms. The minimum Gasteiger partial charge on any atom is -0.309 e. The van der Waals surface area contributed by atoms with Crippen LogP contribution in [0.15, 0.2) is 182 Å². The highest BCUT2D eigenvalue weighted by molar-refractivity contribution is 6.31. The summed E-state index contributed by atoms with van der Waals surface area (Å²) in [5.41, 5.74) is 15.0. The van der Waals surface area contributed by atoms with E-state index in [4.69, 9.17) is 0 Å². The number of aromatic nitrogens is 2. The fourth-order valence-corrected chi connectivity index (χ4v) is 9.29. The SMILES string of the molecule is c1ccc(-n2c3ccccc3c3ccc4c(c5c6ccccc6ccc5n4-c4ccc(-c5ccc6c7c(cccc57)-c5ccccc5-6)cc4)c32)cc1. The fraction of sp³-hybridized carbons (Fsp3) is 0. The Morgan fingerprint density at radius 3 is 1.73 bits per heavy atom. The monoisotopic (exact) mass is 658 g/mol. The van der Waals surface area contributed by atoms with E-state index in [1.165, 1.54) is 104 Å². The van der Waals surface area contributed by atoms with Crippen molar-refractivity contribution in [3.8, 4) is 44.8 Å². The van der Waals surface area contributed by atoms with Gasteiger partial charge in [-0.15, -0.1) is 0 Å². The highest BCUT2D eigenvalue weighted by Gasteiger charge is 2.24. The number of nitrogens with zero attached hydrogens (tertiary/aromatic N) is 2. The predicted octanol–water partition coefficient (Wildman–Crippen LogP) is 13.5. The molecule has 0 amide bonds. The first kappa shape index (κ1) is 27.9. The molecule has 0 aliphatic heterocycles. The third-order valence-electron chi connectivity index (χ3n) is 11.5. The Bertz CT molecular complexity index is 3240. The first-order valence-electron chi connectivity index (χ1n) is 18.0. The molecule has 0 fully saturated rings. The summed E-state index contributed by atoms with van der Waals surface area (Å²) < 4.78 is 4.94. The van der Waals surface area contributed by atoms with Crippen LogP contribution in [-0.4, -0.2) is 9.13 Å². The minimum absolute atomic E-state index is 1.15.